The zero-order valence-electron chi connectivity index (χ0n) is 22.1. The van der Waals surface area contributed by atoms with Crippen molar-refractivity contribution in [1.29, 1.82) is 0 Å². The maximum Gasteiger partial charge on any atom is 0.279 e. The van der Waals surface area contributed by atoms with Crippen molar-refractivity contribution in [3.05, 3.63) is 71.8 Å². The smallest absolute Gasteiger partial charge is 0.279 e. The van der Waals surface area contributed by atoms with E-state index < -0.39 is 5.24 Å². The SMILES string of the molecule is C.CCc1ccccc1.CCc1ccccc1.NC(=O)S.O=C(S)N(C1CCCCC1)C1CCCCC1. The largest absolute Gasteiger partial charge is 0.361 e. The minimum atomic E-state index is -0.639. The zero-order valence-corrected chi connectivity index (χ0v) is 23.9. The van der Waals surface area contributed by atoms with Gasteiger partial charge in [-0.25, -0.2) is 0 Å². The van der Waals surface area contributed by atoms with Crippen molar-refractivity contribution < 1.29 is 9.59 Å². The van der Waals surface area contributed by atoms with E-state index in [1.54, 1.807) is 0 Å². The van der Waals surface area contributed by atoms with Gasteiger partial charge in [0.1, 0.15) is 0 Å². The minimum Gasteiger partial charge on any atom is -0.361 e. The second-order valence-electron chi connectivity index (χ2n) is 9.29. The summed E-state index contributed by atoms with van der Waals surface area (Å²) >= 11 is 7.21. The molecule has 0 radical (unpaired) electrons. The normalized spacial score (nSPS) is 15.1. The number of nitrogens with zero attached hydrogens (tertiary/aromatic N) is 1. The standard InChI is InChI=1S/C13H23NOS.2C8H10.CH3NOS.CH4/c15-13(16)14(11-7-3-1-4-8-11)12-9-5-2-6-10-12;2*1-2-8-6-4-3-5-7-8;2-1(3)4;/h11-12H,1-10H2,(H,15,16);2*3-7H,2H2,1H3;(H3,2,3,4);1H4. The van der Waals surface area contributed by atoms with Crippen LogP contribution in [0.5, 0.6) is 0 Å². The quantitative estimate of drug-likeness (QED) is 0.335. The Hall–Kier alpha value is -1.92. The summed E-state index contributed by atoms with van der Waals surface area (Å²) in [5.41, 5.74) is 7.16. The van der Waals surface area contributed by atoms with Crippen LogP contribution in [0, 0.1) is 0 Å². The Morgan fingerprint density at radius 3 is 1.22 bits per heavy atom. The Labute approximate surface area is 237 Å². The molecule has 2 saturated carbocycles. The van der Waals surface area contributed by atoms with Gasteiger partial charge in [0.15, 0.2) is 0 Å². The van der Waals surface area contributed by atoms with E-state index in [9.17, 15) is 4.79 Å². The van der Waals surface area contributed by atoms with Crippen LogP contribution in [-0.2, 0) is 12.8 Å². The molecule has 0 unspecified atom stereocenters. The first-order valence-electron chi connectivity index (χ1n) is 13.5. The zero-order chi connectivity index (χ0) is 26.6. The summed E-state index contributed by atoms with van der Waals surface area (Å²) in [7, 11) is 0. The van der Waals surface area contributed by atoms with Crippen molar-refractivity contribution >= 4 is 35.7 Å². The topological polar surface area (TPSA) is 63.4 Å². The Kier molecular flexibility index (Phi) is 21.0. The van der Waals surface area contributed by atoms with Crippen LogP contribution in [0.1, 0.15) is 96.6 Å². The van der Waals surface area contributed by atoms with E-state index in [1.807, 2.05) is 12.1 Å². The molecule has 6 heteroatoms. The molecule has 0 atom stereocenters. The van der Waals surface area contributed by atoms with Gasteiger partial charge in [0.2, 0.25) is 0 Å². The fourth-order valence-electron chi connectivity index (χ4n) is 4.76. The maximum atomic E-state index is 11.7. The lowest BCUT2D eigenvalue weighted by atomic mass is 9.89. The number of benzene rings is 2. The van der Waals surface area contributed by atoms with Gasteiger partial charge in [-0.2, -0.15) is 0 Å². The van der Waals surface area contributed by atoms with E-state index in [-0.39, 0.29) is 12.7 Å². The lowest BCUT2D eigenvalue weighted by Crippen LogP contribution is -2.46. The van der Waals surface area contributed by atoms with Crippen LogP contribution in [0.25, 0.3) is 0 Å². The highest BCUT2D eigenvalue weighted by Gasteiger charge is 2.30. The molecule has 0 bridgehead atoms. The van der Waals surface area contributed by atoms with Crippen molar-refractivity contribution in [3.8, 4) is 0 Å². The fourth-order valence-corrected chi connectivity index (χ4v) is 5.08. The molecule has 2 aliphatic carbocycles. The summed E-state index contributed by atoms with van der Waals surface area (Å²) in [5.74, 6) is 0. The number of primary amides is 1. The highest BCUT2D eigenvalue weighted by molar-refractivity contribution is 7.96. The summed E-state index contributed by atoms with van der Waals surface area (Å²) in [6, 6.07) is 21.9. The third-order valence-electron chi connectivity index (χ3n) is 6.66. The molecular formula is C31H50N2O2S2. The molecule has 2 N–H and O–H groups in total. The van der Waals surface area contributed by atoms with Crippen LogP contribution in [-0.4, -0.2) is 27.5 Å². The third kappa shape index (κ3) is 16.5. The molecule has 2 aromatic rings. The molecule has 208 valence electrons. The number of rotatable bonds is 4. The number of carbonyl (C=O) groups excluding carboxylic acids is 2. The summed E-state index contributed by atoms with van der Waals surface area (Å²) in [4.78, 5) is 22.9. The molecular weight excluding hydrogens is 496 g/mol. The lowest BCUT2D eigenvalue weighted by Gasteiger charge is -2.40. The van der Waals surface area contributed by atoms with Crippen LogP contribution < -0.4 is 5.73 Å². The van der Waals surface area contributed by atoms with E-state index in [0.29, 0.717) is 12.1 Å². The molecule has 2 fully saturated rings. The molecule has 4 nitrogen and oxygen atoms in total. The number of hydrogen-bond acceptors (Lipinski definition) is 2. The lowest BCUT2D eigenvalue weighted by molar-refractivity contribution is 0.122. The minimum absolute atomic E-state index is 0. The monoisotopic (exact) mass is 546 g/mol. The molecule has 0 spiro atoms. The van der Waals surface area contributed by atoms with Crippen LogP contribution in [0.15, 0.2) is 60.7 Å². The summed E-state index contributed by atoms with van der Waals surface area (Å²) in [6.07, 6.45) is 14.9. The van der Waals surface area contributed by atoms with Crippen LogP contribution >= 0.6 is 25.3 Å². The van der Waals surface area contributed by atoms with Gasteiger partial charge in [-0.1, -0.05) is 146 Å². The van der Waals surface area contributed by atoms with Gasteiger partial charge in [-0.15, -0.1) is 0 Å². The molecule has 0 heterocycles. The molecule has 2 aromatic carbocycles. The van der Waals surface area contributed by atoms with Crippen molar-refractivity contribution in [2.75, 3.05) is 0 Å². The number of nitrogens with two attached hydrogens (primary N) is 1. The summed E-state index contributed by atoms with van der Waals surface area (Å²) in [5, 5.41) is -0.626. The van der Waals surface area contributed by atoms with Gasteiger partial charge in [0.25, 0.3) is 10.5 Å². The van der Waals surface area contributed by atoms with Crippen LogP contribution in [0.2, 0.25) is 0 Å². The fraction of sp³-hybridized carbons (Fsp3) is 0.548. The van der Waals surface area contributed by atoms with Crippen LogP contribution in [0.4, 0.5) is 9.59 Å². The summed E-state index contributed by atoms with van der Waals surface area (Å²) < 4.78 is 0. The molecule has 4 rings (SSSR count). The highest BCUT2D eigenvalue weighted by Crippen LogP contribution is 2.30. The predicted molar refractivity (Wildman–Crippen MR) is 167 cm³/mol. The van der Waals surface area contributed by atoms with Crippen molar-refractivity contribution in [2.45, 2.75) is 110 Å². The Morgan fingerprint density at radius 1 is 0.703 bits per heavy atom. The second kappa shape index (κ2) is 22.1. The number of thiol groups is 2. The molecule has 0 aromatic heterocycles. The number of hydrogen-bond donors (Lipinski definition) is 3. The van der Waals surface area contributed by atoms with E-state index in [2.05, 4.69) is 98.3 Å². The first-order valence-corrected chi connectivity index (χ1v) is 14.4. The Morgan fingerprint density at radius 2 is 1.00 bits per heavy atom. The first kappa shape index (κ1) is 35.1. The average molecular weight is 547 g/mol. The number of amides is 2. The maximum absolute atomic E-state index is 11.7. The number of carbonyl (C=O) groups is 2. The average Bonchev–Trinajstić information content (AvgIpc) is 2.91. The summed E-state index contributed by atoms with van der Waals surface area (Å²) in [6.45, 7) is 4.32. The highest BCUT2D eigenvalue weighted by atomic mass is 32.1. The van der Waals surface area contributed by atoms with Gasteiger partial charge in [0.05, 0.1) is 0 Å². The predicted octanol–water partition coefficient (Wildman–Crippen LogP) is 9.13. The molecule has 0 saturated heterocycles. The van der Waals surface area contributed by atoms with Gasteiger partial charge in [0, 0.05) is 12.1 Å². The van der Waals surface area contributed by atoms with Gasteiger partial charge in [-0.3, -0.25) is 9.59 Å². The third-order valence-corrected chi connectivity index (χ3v) is 6.89. The van der Waals surface area contributed by atoms with Crippen LogP contribution in [0.3, 0.4) is 0 Å². The Bertz CT molecular complexity index is 760. The van der Waals surface area contributed by atoms with Gasteiger partial charge >= 0.3 is 0 Å². The first-order chi connectivity index (χ1) is 17.4. The molecule has 0 aliphatic heterocycles. The van der Waals surface area contributed by atoms with Crippen molar-refractivity contribution in [3.63, 3.8) is 0 Å². The number of aryl methyl sites for hydroxylation is 2. The van der Waals surface area contributed by atoms with Gasteiger partial charge < -0.3 is 10.6 Å². The molecule has 37 heavy (non-hydrogen) atoms. The van der Waals surface area contributed by atoms with E-state index in [0.717, 1.165) is 12.8 Å². The van der Waals surface area contributed by atoms with Crippen molar-refractivity contribution in [2.24, 2.45) is 5.73 Å². The van der Waals surface area contributed by atoms with Crippen molar-refractivity contribution in [1.82, 2.24) is 4.90 Å². The Balaban J connectivity index is 0.000000523. The second-order valence-corrected chi connectivity index (χ2v) is 10.1. The van der Waals surface area contributed by atoms with Gasteiger partial charge in [-0.05, 0) is 49.7 Å². The van der Waals surface area contributed by atoms with E-state index in [1.165, 1.54) is 75.3 Å². The van der Waals surface area contributed by atoms with E-state index in [4.69, 9.17) is 4.79 Å². The molecule has 2 aliphatic rings. The molecule has 2 amide bonds. The van der Waals surface area contributed by atoms with E-state index >= 15 is 0 Å².